The Morgan fingerprint density at radius 3 is 2.87 bits per heavy atom. The zero-order chi connectivity index (χ0) is 11.3. The third kappa shape index (κ3) is 3.12. The van der Waals surface area contributed by atoms with E-state index in [2.05, 4.69) is 5.32 Å². The highest BCUT2D eigenvalue weighted by molar-refractivity contribution is 5.68. The van der Waals surface area contributed by atoms with Crippen LogP contribution in [0, 0.1) is 0 Å². The SMILES string of the molecule is CCc1ccc(C(CC(=O)O)NC=O)o1. The van der Waals surface area contributed by atoms with Gasteiger partial charge in [0.1, 0.15) is 11.5 Å². The first-order valence-corrected chi connectivity index (χ1v) is 4.67. The molecule has 1 aromatic heterocycles. The zero-order valence-electron chi connectivity index (χ0n) is 8.40. The van der Waals surface area contributed by atoms with Crippen molar-refractivity contribution in [1.82, 2.24) is 5.32 Å². The average molecular weight is 211 g/mol. The highest BCUT2D eigenvalue weighted by Crippen LogP contribution is 2.19. The standard InChI is InChI=1S/C10H13NO4/c1-2-7-3-4-9(15-7)8(11-6-12)5-10(13)14/h3-4,6,8H,2,5H2,1H3,(H,11,12)(H,13,14). The highest BCUT2D eigenvalue weighted by Gasteiger charge is 2.17. The van der Waals surface area contributed by atoms with Crippen molar-refractivity contribution in [2.24, 2.45) is 0 Å². The predicted octanol–water partition coefficient (Wildman–Crippen LogP) is 1.10. The molecular weight excluding hydrogens is 198 g/mol. The van der Waals surface area contributed by atoms with Crippen molar-refractivity contribution in [1.29, 1.82) is 0 Å². The Bertz CT molecular complexity index is 345. The van der Waals surface area contributed by atoms with Gasteiger partial charge >= 0.3 is 5.97 Å². The third-order valence-electron chi connectivity index (χ3n) is 2.02. The second-order valence-electron chi connectivity index (χ2n) is 3.09. The van der Waals surface area contributed by atoms with E-state index < -0.39 is 12.0 Å². The van der Waals surface area contributed by atoms with Crippen molar-refractivity contribution in [2.45, 2.75) is 25.8 Å². The maximum atomic E-state index is 10.5. The largest absolute Gasteiger partial charge is 0.481 e. The molecule has 0 aromatic carbocycles. The molecule has 0 fully saturated rings. The van der Waals surface area contributed by atoms with E-state index in [1.54, 1.807) is 12.1 Å². The number of carbonyl (C=O) groups excluding carboxylic acids is 1. The molecule has 0 saturated heterocycles. The first-order chi connectivity index (χ1) is 7.17. The molecule has 0 saturated carbocycles. The molecular formula is C10H13NO4. The van der Waals surface area contributed by atoms with Crippen molar-refractivity contribution in [3.63, 3.8) is 0 Å². The van der Waals surface area contributed by atoms with Crippen LogP contribution in [0.5, 0.6) is 0 Å². The van der Waals surface area contributed by atoms with Crippen molar-refractivity contribution < 1.29 is 19.1 Å². The molecule has 1 rings (SSSR count). The van der Waals surface area contributed by atoms with Crippen LogP contribution in [-0.2, 0) is 16.0 Å². The summed E-state index contributed by atoms with van der Waals surface area (Å²) in [7, 11) is 0. The lowest BCUT2D eigenvalue weighted by Gasteiger charge is -2.10. The maximum absolute atomic E-state index is 10.5. The van der Waals surface area contributed by atoms with Crippen molar-refractivity contribution >= 4 is 12.4 Å². The second-order valence-corrected chi connectivity index (χ2v) is 3.09. The number of carboxylic acids is 1. The van der Waals surface area contributed by atoms with Crippen LogP contribution < -0.4 is 5.32 Å². The van der Waals surface area contributed by atoms with Crippen LogP contribution in [0.2, 0.25) is 0 Å². The summed E-state index contributed by atoms with van der Waals surface area (Å²) >= 11 is 0. The molecule has 0 aliphatic carbocycles. The minimum atomic E-state index is -0.983. The fourth-order valence-corrected chi connectivity index (χ4v) is 1.27. The number of aliphatic carboxylic acids is 1. The Balaban J connectivity index is 2.77. The average Bonchev–Trinajstić information content (AvgIpc) is 2.64. The summed E-state index contributed by atoms with van der Waals surface area (Å²) in [5.74, 6) is 0.262. The van der Waals surface area contributed by atoms with Crippen LogP contribution in [0.25, 0.3) is 0 Å². The number of hydrogen-bond acceptors (Lipinski definition) is 3. The molecule has 1 amide bonds. The minimum Gasteiger partial charge on any atom is -0.481 e. The number of carbonyl (C=O) groups is 2. The van der Waals surface area contributed by atoms with Gasteiger partial charge in [-0.15, -0.1) is 0 Å². The van der Waals surface area contributed by atoms with Crippen LogP contribution in [0.4, 0.5) is 0 Å². The number of hydrogen-bond donors (Lipinski definition) is 2. The molecule has 0 spiro atoms. The molecule has 0 aliphatic rings. The quantitative estimate of drug-likeness (QED) is 0.690. The summed E-state index contributed by atoms with van der Waals surface area (Å²) < 4.78 is 5.36. The number of rotatable bonds is 6. The van der Waals surface area contributed by atoms with Gasteiger partial charge in [0.15, 0.2) is 0 Å². The van der Waals surface area contributed by atoms with Crippen molar-refractivity contribution in [2.75, 3.05) is 0 Å². The van der Waals surface area contributed by atoms with Gasteiger partial charge in [-0.1, -0.05) is 6.92 Å². The van der Waals surface area contributed by atoms with Crippen LogP contribution >= 0.6 is 0 Å². The maximum Gasteiger partial charge on any atom is 0.305 e. The van der Waals surface area contributed by atoms with Gasteiger partial charge in [0.25, 0.3) is 0 Å². The number of aryl methyl sites for hydroxylation is 1. The minimum absolute atomic E-state index is 0.185. The fourth-order valence-electron chi connectivity index (χ4n) is 1.27. The van der Waals surface area contributed by atoms with Gasteiger partial charge < -0.3 is 14.8 Å². The van der Waals surface area contributed by atoms with E-state index in [-0.39, 0.29) is 6.42 Å². The molecule has 1 unspecified atom stereocenters. The topological polar surface area (TPSA) is 79.5 Å². The normalized spacial score (nSPS) is 12.1. The number of furan rings is 1. The smallest absolute Gasteiger partial charge is 0.305 e. The van der Waals surface area contributed by atoms with Crippen LogP contribution in [-0.4, -0.2) is 17.5 Å². The van der Waals surface area contributed by atoms with Gasteiger partial charge in [0.05, 0.1) is 12.5 Å². The molecule has 82 valence electrons. The fraction of sp³-hybridized carbons (Fsp3) is 0.400. The number of nitrogens with one attached hydrogen (secondary N) is 1. The number of amides is 1. The van der Waals surface area contributed by atoms with Gasteiger partial charge in [-0.2, -0.15) is 0 Å². The van der Waals surface area contributed by atoms with E-state index in [1.165, 1.54) is 0 Å². The molecule has 5 nitrogen and oxygen atoms in total. The van der Waals surface area contributed by atoms with Crippen LogP contribution in [0.1, 0.15) is 30.9 Å². The number of carboxylic acid groups (broad SMARTS) is 1. The Morgan fingerprint density at radius 2 is 2.40 bits per heavy atom. The second kappa shape index (κ2) is 5.19. The highest BCUT2D eigenvalue weighted by atomic mass is 16.4. The van der Waals surface area contributed by atoms with Gasteiger partial charge in [0.2, 0.25) is 6.41 Å². The van der Waals surface area contributed by atoms with Crippen LogP contribution in [0.15, 0.2) is 16.5 Å². The van der Waals surface area contributed by atoms with E-state index in [0.717, 1.165) is 12.2 Å². The van der Waals surface area contributed by atoms with Gasteiger partial charge in [-0.25, -0.2) is 0 Å². The molecule has 5 heteroatoms. The van der Waals surface area contributed by atoms with E-state index >= 15 is 0 Å². The molecule has 1 aromatic rings. The predicted molar refractivity (Wildman–Crippen MR) is 52.3 cm³/mol. The Kier molecular flexibility index (Phi) is 3.91. The van der Waals surface area contributed by atoms with E-state index in [4.69, 9.17) is 9.52 Å². The van der Waals surface area contributed by atoms with Gasteiger partial charge in [-0.3, -0.25) is 9.59 Å². The van der Waals surface area contributed by atoms with E-state index in [9.17, 15) is 9.59 Å². The Hall–Kier alpha value is -1.78. The van der Waals surface area contributed by atoms with Gasteiger partial charge in [-0.05, 0) is 12.1 Å². The lowest BCUT2D eigenvalue weighted by Crippen LogP contribution is -2.21. The molecule has 1 atom stereocenters. The van der Waals surface area contributed by atoms with E-state index in [1.807, 2.05) is 6.92 Å². The molecule has 0 aliphatic heterocycles. The van der Waals surface area contributed by atoms with Gasteiger partial charge in [0, 0.05) is 6.42 Å². The van der Waals surface area contributed by atoms with E-state index in [0.29, 0.717) is 12.2 Å². The molecule has 0 radical (unpaired) electrons. The lowest BCUT2D eigenvalue weighted by molar-refractivity contribution is -0.137. The lowest BCUT2D eigenvalue weighted by atomic mass is 10.1. The summed E-state index contributed by atoms with van der Waals surface area (Å²) in [5, 5.41) is 11.1. The summed E-state index contributed by atoms with van der Waals surface area (Å²) in [4.78, 5) is 20.8. The zero-order valence-corrected chi connectivity index (χ0v) is 8.40. The monoisotopic (exact) mass is 211 g/mol. The molecule has 0 bridgehead atoms. The summed E-state index contributed by atoms with van der Waals surface area (Å²) in [5.41, 5.74) is 0. The first-order valence-electron chi connectivity index (χ1n) is 4.67. The third-order valence-corrected chi connectivity index (χ3v) is 2.02. The molecule has 1 heterocycles. The summed E-state index contributed by atoms with van der Waals surface area (Å²) in [6.45, 7) is 1.93. The van der Waals surface area contributed by atoms with Crippen molar-refractivity contribution in [3.8, 4) is 0 Å². The summed E-state index contributed by atoms with van der Waals surface area (Å²) in [6.07, 6.45) is 1.03. The molecule has 15 heavy (non-hydrogen) atoms. The Labute approximate surface area is 87.1 Å². The van der Waals surface area contributed by atoms with Crippen molar-refractivity contribution in [3.05, 3.63) is 23.7 Å². The molecule has 2 N–H and O–H groups in total. The Morgan fingerprint density at radius 1 is 1.67 bits per heavy atom. The van der Waals surface area contributed by atoms with Crippen LogP contribution in [0.3, 0.4) is 0 Å². The first kappa shape index (κ1) is 11.3. The summed E-state index contributed by atoms with van der Waals surface area (Å²) in [6, 6.07) is 2.86.